The lowest BCUT2D eigenvalue weighted by atomic mass is 10.2. The summed E-state index contributed by atoms with van der Waals surface area (Å²) in [5, 5.41) is 0. The van der Waals surface area contributed by atoms with E-state index in [1.165, 1.54) is 23.7 Å². The van der Waals surface area contributed by atoms with E-state index in [4.69, 9.17) is 9.47 Å². The minimum Gasteiger partial charge on any atom is -0.353 e. The van der Waals surface area contributed by atoms with Crippen LogP contribution in [-0.4, -0.2) is 23.9 Å². The van der Waals surface area contributed by atoms with E-state index in [0.717, 1.165) is 19.4 Å². The number of hydrogen-bond donors (Lipinski definition) is 0. The molecule has 1 heterocycles. The first kappa shape index (κ1) is 12.3. The molecule has 1 aliphatic heterocycles. The Morgan fingerprint density at radius 3 is 3.00 bits per heavy atom. The summed E-state index contributed by atoms with van der Waals surface area (Å²) in [5.41, 5.74) is 0. The van der Waals surface area contributed by atoms with Gasteiger partial charge in [-0.1, -0.05) is 28.5 Å². The van der Waals surface area contributed by atoms with Crippen LogP contribution in [-0.2, 0) is 9.47 Å². The Bertz CT molecular complexity index is 189. The number of ether oxygens (including phenoxy) is 2. The van der Waals surface area contributed by atoms with Crippen LogP contribution in [0.2, 0.25) is 0 Å². The first-order chi connectivity index (χ1) is 6.93. The summed E-state index contributed by atoms with van der Waals surface area (Å²) in [7, 11) is 0. The molecule has 0 bridgehead atoms. The van der Waals surface area contributed by atoms with Gasteiger partial charge < -0.3 is 9.47 Å². The Balaban J connectivity index is 1.98. The summed E-state index contributed by atoms with van der Waals surface area (Å²) in [4.78, 5) is 0. The molecule has 0 spiro atoms. The van der Waals surface area contributed by atoms with Gasteiger partial charge in [0.05, 0.1) is 0 Å². The standard InChI is InChI=1S/C11H17IO2/c12-8-4-1-2-5-9-13-11-7-3-6-10-14-11/h11H,1,3-4,6-10H2/t11-/m1/s1. The Morgan fingerprint density at radius 1 is 1.36 bits per heavy atom. The highest BCUT2D eigenvalue weighted by atomic mass is 127. The Hall–Kier alpha value is 0.210. The molecule has 80 valence electrons. The molecule has 0 aromatic heterocycles. The molecule has 0 N–H and O–H groups in total. The van der Waals surface area contributed by atoms with Gasteiger partial charge in [-0.05, 0) is 25.7 Å². The van der Waals surface area contributed by atoms with E-state index in [2.05, 4.69) is 34.4 Å². The molecule has 3 heteroatoms. The fourth-order valence-corrected chi connectivity index (χ4v) is 1.65. The summed E-state index contributed by atoms with van der Waals surface area (Å²) in [6.45, 7) is 1.36. The van der Waals surface area contributed by atoms with Gasteiger partial charge in [0.15, 0.2) is 6.29 Å². The lowest BCUT2D eigenvalue weighted by molar-refractivity contribution is -0.154. The van der Waals surface area contributed by atoms with Crippen LogP contribution in [0.5, 0.6) is 0 Å². The normalized spacial score (nSPS) is 21.4. The number of rotatable bonds is 4. The zero-order valence-corrected chi connectivity index (χ0v) is 10.6. The largest absolute Gasteiger partial charge is 0.353 e. The summed E-state index contributed by atoms with van der Waals surface area (Å²) in [6, 6.07) is 0. The lowest BCUT2D eigenvalue weighted by Gasteiger charge is -2.21. The molecule has 0 amide bonds. The molecule has 0 aromatic rings. The lowest BCUT2D eigenvalue weighted by Crippen LogP contribution is -2.22. The quantitative estimate of drug-likeness (QED) is 0.344. The van der Waals surface area contributed by atoms with E-state index in [9.17, 15) is 0 Å². The number of alkyl halides is 1. The second-order valence-electron chi connectivity index (χ2n) is 3.25. The van der Waals surface area contributed by atoms with Gasteiger partial charge in [0.25, 0.3) is 0 Å². The molecule has 0 saturated carbocycles. The van der Waals surface area contributed by atoms with Crippen LogP contribution >= 0.6 is 22.6 Å². The molecule has 1 fully saturated rings. The number of hydrogen-bond acceptors (Lipinski definition) is 2. The van der Waals surface area contributed by atoms with Crippen molar-refractivity contribution in [1.29, 1.82) is 0 Å². The molecule has 1 aliphatic rings. The minimum atomic E-state index is 0.00243. The van der Waals surface area contributed by atoms with Crippen molar-refractivity contribution >= 4 is 22.6 Å². The predicted molar refractivity (Wildman–Crippen MR) is 65.4 cm³/mol. The van der Waals surface area contributed by atoms with Gasteiger partial charge in [0.1, 0.15) is 6.61 Å². The maximum Gasteiger partial charge on any atom is 0.158 e. The molecular weight excluding hydrogens is 291 g/mol. The third-order valence-electron chi connectivity index (χ3n) is 2.04. The molecular formula is C11H17IO2. The van der Waals surface area contributed by atoms with E-state index in [1.54, 1.807) is 0 Å². The van der Waals surface area contributed by atoms with Crippen molar-refractivity contribution in [2.24, 2.45) is 0 Å². The first-order valence-corrected chi connectivity index (χ1v) is 6.71. The van der Waals surface area contributed by atoms with Crippen LogP contribution in [0.3, 0.4) is 0 Å². The Morgan fingerprint density at radius 2 is 2.29 bits per heavy atom. The summed E-state index contributed by atoms with van der Waals surface area (Å²) in [5.74, 6) is 6.10. The van der Waals surface area contributed by atoms with Gasteiger partial charge in [-0.25, -0.2) is 0 Å². The van der Waals surface area contributed by atoms with Crippen molar-refractivity contribution < 1.29 is 9.47 Å². The number of halogens is 1. The monoisotopic (exact) mass is 308 g/mol. The van der Waals surface area contributed by atoms with Gasteiger partial charge >= 0.3 is 0 Å². The van der Waals surface area contributed by atoms with Crippen molar-refractivity contribution in [2.75, 3.05) is 17.6 Å². The Labute approximate surface area is 99.9 Å². The van der Waals surface area contributed by atoms with Crippen LogP contribution in [0.15, 0.2) is 0 Å². The van der Waals surface area contributed by atoms with Crippen molar-refractivity contribution in [3.63, 3.8) is 0 Å². The maximum absolute atomic E-state index is 5.47. The second-order valence-corrected chi connectivity index (χ2v) is 4.33. The fourth-order valence-electron chi connectivity index (χ4n) is 1.27. The van der Waals surface area contributed by atoms with E-state index in [0.29, 0.717) is 6.61 Å². The topological polar surface area (TPSA) is 18.5 Å². The molecule has 14 heavy (non-hydrogen) atoms. The molecule has 1 saturated heterocycles. The van der Waals surface area contributed by atoms with Gasteiger partial charge in [0, 0.05) is 17.5 Å². The molecule has 0 aromatic carbocycles. The van der Waals surface area contributed by atoms with Crippen LogP contribution in [0.4, 0.5) is 0 Å². The minimum absolute atomic E-state index is 0.00243. The maximum atomic E-state index is 5.47. The van der Waals surface area contributed by atoms with Crippen LogP contribution in [0.1, 0.15) is 32.1 Å². The van der Waals surface area contributed by atoms with Gasteiger partial charge in [-0.15, -0.1) is 5.92 Å². The summed E-state index contributed by atoms with van der Waals surface area (Å²) >= 11 is 2.36. The van der Waals surface area contributed by atoms with E-state index >= 15 is 0 Å². The molecule has 0 aliphatic carbocycles. The molecule has 1 atom stereocenters. The van der Waals surface area contributed by atoms with Crippen molar-refractivity contribution in [3.8, 4) is 11.8 Å². The smallest absolute Gasteiger partial charge is 0.158 e. The van der Waals surface area contributed by atoms with Crippen LogP contribution < -0.4 is 0 Å². The molecule has 0 unspecified atom stereocenters. The van der Waals surface area contributed by atoms with Crippen LogP contribution in [0.25, 0.3) is 0 Å². The number of unbranched alkanes of at least 4 members (excludes halogenated alkanes) is 1. The summed E-state index contributed by atoms with van der Waals surface area (Å²) < 4.78 is 12.1. The zero-order chi connectivity index (χ0) is 10.1. The zero-order valence-electron chi connectivity index (χ0n) is 8.43. The highest BCUT2D eigenvalue weighted by Crippen LogP contribution is 2.12. The first-order valence-electron chi connectivity index (χ1n) is 5.18. The van der Waals surface area contributed by atoms with Gasteiger partial charge in [-0.3, -0.25) is 0 Å². The predicted octanol–water partition coefficient (Wildman–Crippen LogP) is 2.75. The van der Waals surface area contributed by atoms with E-state index < -0.39 is 0 Å². The van der Waals surface area contributed by atoms with Gasteiger partial charge in [0.2, 0.25) is 0 Å². The van der Waals surface area contributed by atoms with Crippen molar-refractivity contribution in [1.82, 2.24) is 0 Å². The SMILES string of the molecule is ICCCC#CCO[C@H]1CCCCO1. The molecule has 1 rings (SSSR count). The van der Waals surface area contributed by atoms with Gasteiger partial charge in [-0.2, -0.15) is 0 Å². The fraction of sp³-hybridized carbons (Fsp3) is 0.818. The van der Waals surface area contributed by atoms with E-state index in [-0.39, 0.29) is 6.29 Å². The third-order valence-corrected chi connectivity index (χ3v) is 2.80. The van der Waals surface area contributed by atoms with Crippen molar-refractivity contribution in [2.45, 2.75) is 38.4 Å². The van der Waals surface area contributed by atoms with E-state index in [1.807, 2.05) is 0 Å². The molecule has 0 radical (unpaired) electrons. The second kappa shape index (κ2) is 8.51. The highest BCUT2D eigenvalue weighted by molar-refractivity contribution is 14.1. The third kappa shape index (κ3) is 5.84. The average Bonchev–Trinajstić information content (AvgIpc) is 2.25. The van der Waals surface area contributed by atoms with Crippen molar-refractivity contribution in [3.05, 3.63) is 0 Å². The van der Waals surface area contributed by atoms with Crippen LogP contribution in [0, 0.1) is 11.8 Å². The molecule has 2 nitrogen and oxygen atoms in total. The Kier molecular flexibility index (Phi) is 7.47. The highest BCUT2D eigenvalue weighted by Gasteiger charge is 2.12. The summed E-state index contributed by atoms with van der Waals surface area (Å²) in [6.07, 6.45) is 5.57. The average molecular weight is 308 g/mol.